The minimum absolute atomic E-state index is 0.0634. The van der Waals surface area contributed by atoms with Gasteiger partial charge in [0.2, 0.25) is 0 Å². The van der Waals surface area contributed by atoms with Crippen LogP contribution in [0.3, 0.4) is 0 Å². The second-order valence-corrected chi connectivity index (χ2v) is 10.00. The zero-order valence-electron chi connectivity index (χ0n) is 22.2. The molecule has 0 aliphatic carbocycles. The van der Waals surface area contributed by atoms with E-state index in [1.807, 2.05) is 57.1 Å². The largest absolute Gasteiger partial charge is 0.399 e. The maximum Gasteiger partial charge on any atom is 0.124 e. The average molecular weight is 490 g/mol. The van der Waals surface area contributed by atoms with Gasteiger partial charge in [-0.15, -0.1) is 0 Å². The Balaban J connectivity index is 1.87. The number of anilines is 1. The molecule has 1 heterocycles. The molecule has 2 aromatic carbocycles. The van der Waals surface area contributed by atoms with Crippen molar-refractivity contribution >= 4 is 11.4 Å². The molecule has 36 heavy (non-hydrogen) atoms. The average Bonchev–Trinajstić information content (AvgIpc) is 2.82. The van der Waals surface area contributed by atoms with Gasteiger partial charge in [0.1, 0.15) is 5.82 Å². The SMILES string of the molecule is C=C(N)/C(=C/C=C\C)C(C)NCc1cc(F)cc(C(=C)N(C)C)c1NN1CC(C)(c2ccccc2)C1. The highest BCUT2D eigenvalue weighted by atomic mass is 19.1. The van der Waals surface area contributed by atoms with Gasteiger partial charge >= 0.3 is 0 Å². The molecule has 5 nitrogen and oxygen atoms in total. The molecule has 1 saturated heterocycles. The first kappa shape index (κ1) is 27.2. The van der Waals surface area contributed by atoms with Gasteiger partial charge in [-0.25, -0.2) is 9.40 Å². The molecule has 6 heteroatoms. The molecular formula is C30H40FN5. The van der Waals surface area contributed by atoms with E-state index in [0.29, 0.717) is 12.2 Å². The molecule has 1 fully saturated rings. The van der Waals surface area contributed by atoms with E-state index in [-0.39, 0.29) is 17.3 Å². The van der Waals surface area contributed by atoms with Crippen molar-refractivity contribution in [3.05, 3.63) is 108 Å². The van der Waals surface area contributed by atoms with Crippen molar-refractivity contribution in [2.24, 2.45) is 5.73 Å². The van der Waals surface area contributed by atoms with Crippen molar-refractivity contribution in [1.82, 2.24) is 15.2 Å². The number of hydrazine groups is 1. The fourth-order valence-corrected chi connectivity index (χ4v) is 4.56. The Kier molecular flexibility index (Phi) is 8.77. The van der Waals surface area contributed by atoms with Crippen LogP contribution in [0.5, 0.6) is 0 Å². The third kappa shape index (κ3) is 6.25. The van der Waals surface area contributed by atoms with Gasteiger partial charge in [-0.2, -0.15) is 0 Å². The fraction of sp³-hybridized carbons (Fsp3) is 0.333. The van der Waals surface area contributed by atoms with Crippen molar-refractivity contribution < 1.29 is 4.39 Å². The highest BCUT2D eigenvalue weighted by Gasteiger charge is 2.40. The van der Waals surface area contributed by atoms with E-state index in [4.69, 9.17) is 5.73 Å². The summed E-state index contributed by atoms with van der Waals surface area (Å²) in [6.45, 7) is 16.5. The van der Waals surface area contributed by atoms with Crippen molar-refractivity contribution in [2.45, 2.75) is 38.8 Å². The van der Waals surface area contributed by atoms with Crippen LogP contribution in [0.1, 0.15) is 37.5 Å². The summed E-state index contributed by atoms with van der Waals surface area (Å²) in [6, 6.07) is 13.6. The van der Waals surface area contributed by atoms with Crippen LogP contribution in [0.4, 0.5) is 10.1 Å². The van der Waals surface area contributed by atoms with Gasteiger partial charge in [0.25, 0.3) is 0 Å². The Morgan fingerprint density at radius 1 is 1.22 bits per heavy atom. The molecule has 2 aromatic rings. The first-order valence-corrected chi connectivity index (χ1v) is 12.3. The van der Waals surface area contributed by atoms with E-state index < -0.39 is 0 Å². The zero-order valence-corrected chi connectivity index (χ0v) is 22.2. The second kappa shape index (κ2) is 11.6. The number of nitrogens with two attached hydrogens (primary N) is 1. The molecule has 0 saturated carbocycles. The van der Waals surface area contributed by atoms with Gasteiger partial charge in [0, 0.05) is 62.1 Å². The maximum absolute atomic E-state index is 14.8. The Labute approximate surface area is 215 Å². The van der Waals surface area contributed by atoms with Gasteiger partial charge in [0.05, 0.1) is 5.69 Å². The zero-order chi connectivity index (χ0) is 26.5. The van der Waals surface area contributed by atoms with Gasteiger partial charge < -0.3 is 21.4 Å². The standard InChI is InChI=1S/C30H40FN5/c1-8-9-15-27(21(2)32)22(3)33-18-24-16-26(31)17-28(23(4)35(6)7)29(24)34-36-19-30(5,20-36)25-13-11-10-12-14-25/h8-17,22,33-34H,2,4,18-20,32H2,1,3,5-7H3/b9-8-,27-15-. The molecule has 1 unspecified atom stereocenters. The topological polar surface area (TPSA) is 56.6 Å². The molecule has 0 aromatic heterocycles. The van der Waals surface area contributed by atoms with Crippen LogP contribution in [0, 0.1) is 5.82 Å². The number of hydrogen-bond acceptors (Lipinski definition) is 5. The normalized spacial score (nSPS) is 16.4. The molecule has 4 N–H and O–H groups in total. The number of allylic oxidation sites excluding steroid dienone is 3. The first-order chi connectivity index (χ1) is 17.1. The van der Waals surface area contributed by atoms with Gasteiger partial charge in [0.15, 0.2) is 0 Å². The van der Waals surface area contributed by atoms with Gasteiger partial charge in [-0.1, -0.05) is 68.6 Å². The van der Waals surface area contributed by atoms with Crippen LogP contribution in [0.2, 0.25) is 0 Å². The molecule has 0 spiro atoms. The molecule has 1 atom stereocenters. The number of hydrogen-bond donors (Lipinski definition) is 3. The minimum atomic E-state index is -0.298. The van der Waals surface area contributed by atoms with Crippen LogP contribution in [-0.2, 0) is 12.0 Å². The summed E-state index contributed by atoms with van der Waals surface area (Å²) in [5.41, 5.74) is 15.6. The molecule has 1 aliphatic heterocycles. The molecule has 0 amide bonds. The summed E-state index contributed by atoms with van der Waals surface area (Å²) < 4.78 is 14.8. The van der Waals surface area contributed by atoms with Gasteiger partial charge in [-0.3, -0.25) is 0 Å². The monoisotopic (exact) mass is 489 g/mol. The van der Waals surface area contributed by atoms with Crippen LogP contribution in [0.25, 0.3) is 5.70 Å². The van der Waals surface area contributed by atoms with Crippen LogP contribution in [0.15, 0.2) is 85.1 Å². The molecular weight excluding hydrogens is 449 g/mol. The predicted octanol–water partition coefficient (Wildman–Crippen LogP) is 5.41. The summed E-state index contributed by atoms with van der Waals surface area (Å²) in [5.74, 6) is -0.298. The fourth-order valence-electron chi connectivity index (χ4n) is 4.56. The summed E-state index contributed by atoms with van der Waals surface area (Å²) in [5, 5.41) is 5.67. The van der Waals surface area contributed by atoms with Crippen LogP contribution in [-0.4, -0.2) is 43.1 Å². The molecule has 0 bridgehead atoms. The highest BCUT2D eigenvalue weighted by molar-refractivity contribution is 5.76. The van der Waals surface area contributed by atoms with Crippen molar-refractivity contribution in [3.8, 4) is 0 Å². The van der Waals surface area contributed by atoms with Crippen LogP contribution < -0.4 is 16.5 Å². The van der Waals surface area contributed by atoms with Crippen molar-refractivity contribution in [1.29, 1.82) is 0 Å². The number of rotatable bonds is 11. The quantitative estimate of drug-likeness (QED) is 0.369. The molecule has 0 radical (unpaired) electrons. The number of nitrogens with one attached hydrogen (secondary N) is 2. The smallest absolute Gasteiger partial charge is 0.124 e. The lowest BCUT2D eigenvalue weighted by Crippen LogP contribution is -2.59. The lowest BCUT2D eigenvalue weighted by atomic mass is 9.76. The van der Waals surface area contributed by atoms with Crippen molar-refractivity contribution in [3.63, 3.8) is 0 Å². The Hall–Kier alpha value is -3.35. The highest BCUT2D eigenvalue weighted by Crippen LogP contribution is 2.37. The van der Waals surface area contributed by atoms with E-state index >= 15 is 0 Å². The van der Waals surface area contributed by atoms with Crippen LogP contribution >= 0.6 is 0 Å². The molecule has 192 valence electrons. The Morgan fingerprint density at radius 3 is 2.47 bits per heavy atom. The third-order valence-electron chi connectivity index (χ3n) is 6.76. The lowest BCUT2D eigenvalue weighted by molar-refractivity contribution is 0.107. The van der Waals surface area contributed by atoms with E-state index in [0.717, 1.165) is 41.2 Å². The van der Waals surface area contributed by atoms with E-state index in [1.54, 1.807) is 12.1 Å². The maximum atomic E-state index is 14.8. The lowest BCUT2D eigenvalue weighted by Gasteiger charge is -2.49. The predicted molar refractivity (Wildman–Crippen MR) is 151 cm³/mol. The summed E-state index contributed by atoms with van der Waals surface area (Å²) >= 11 is 0. The van der Waals surface area contributed by atoms with Gasteiger partial charge in [-0.05, 0) is 42.7 Å². The number of nitrogens with zero attached hydrogens (tertiary/aromatic N) is 2. The first-order valence-electron chi connectivity index (χ1n) is 12.3. The van der Waals surface area contributed by atoms with E-state index in [2.05, 4.69) is 60.1 Å². The molecule has 3 rings (SSSR count). The number of benzene rings is 2. The number of halogens is 1. The van der Waals surface area contributed by atoms with Crippen molar-refractivity contribution in [2.75, 3.05) is 32.6 Å². The summed E-state index contributed by atoms with van der Waals surface area (Å²) in [6.07, 6.45) is 5.84. The Bertz CT molecular complexity index is 1140. The van der Waals surface area contributed by atoms with E-state index in [9.17, 15) is 4.39 Å². The molecule has 1 aliphatic rings. The second-order valence-electron chi connectivity index (χ2n) is 10.00. The summed E-state index contributed by atoms with van der Waals surface area (Å²) in [7, 11) is 3.83. The Morgan fingerprint density at radius 2 is 1.89 bits per heavy atom. The minimum Gasteiger partial charge on any atom is -0.399 e. The van der Waals surface area contributed by atoms with E-state index in [1.165, 1.54) is 5.56 Å². The third-order valence-corrected chi connectivity index (χ3v) is 6.76. The summed E-state index contributed by atoms with van der Waals surface area (Å²) in [4.78, 5) is 1.90.